The number of hydrogen-bond donors (Lipinski definition) is 2. The third kappa shape index (κ3) is 4.48. The van der Waals surface area contributed by atoms with E-state index in [4.69, 9.17) is 0 Å². The van der Waals surface area contributed by atoms with Crippen molar-refractivity contribution in [1.82, 2.24) is 15.2 Å². The molecular weight excluding hydrogens is 342 g/mol. The van der Waals surface area contributed by atoms with Crippen LogP contribution in [0.15, 0.2) is 66.9 Å². The summed E-state index contributed by atoms with van der Waals surface area (Å²) >= 11 is 0. The smallest absolute Gasteiger partial charge is 0.253 e. The highest BCUT2D eigenvalue weighted by molar-refractivity contribution is 5.99. The van der Waals surface area contributed by atoms with Crippen molar-refractivity contribution in [1.29, 1.82) is 0 Å². The fraction of sp³-hybridized carbons (Fsp3) is 0.190. The van der Waals surface area contributed by atoms with Gasteiger partial charge in [0.15, 0.2) is 0 Å². The standard InChI is InChI=1S/C21H21N3O3/c1-24(13-15-7-3-2-4-8-15)21(27)19(14-25)23-20(26)17-11-16-9-5-6-10-18(16)22-12-17/h2-12,19,25H,13-14H2,1H3,(H,23,26). The molecule has 27 heavy (non-hydrogen) atoms. The summed E-state index contributed by atoms with van der Waals surface area (Å²) in [6.45, 7) is -0.0890. The van der Waals surface area contributed by atoms with Crippen molar-refractivity contribution in [3.8, 4) is 0 Å². The molecule has 0 radical (unpaired) electrons. The molecule has 1 atom stereocenters. The molecule has 138 valence electrons. The average molecular weight is 363 g/mol. The summed E-state index contributed by atoms with van der Waals surface area (Å²) in [6, 6.07) is 17.7. The van der Waals surface area contributed by atoms with E-state index in [1.807, 2.05) is 54.6 Å². The number of pyridine rings is 1. The molecule has 1 aromatic heterocycles. The lowest BCUT2D eigenvalue weighted by molar-refractivity contribution is -0.133. The summed E-state index contributed by atoms with van der Waals surface area (Å²) in [5, 5.41) is 13.0. The van der Waals surface area contributed by atoms with Gasteiger partial charge in [0.1, 0.15) is 6.04 Å². The van der Waals surface area contributed by atoms with Crippen LogP contribution in [0.4, 0.5) is 0 Å². The third-order valence-electron chi connectivity index (χ3n) is 4.28. The second-order valence-corrected chi connectivity index (χ2v) is 6.31. The molecule has 3 aromatic rings. The third-order valence-corrected chi connectivity index (χ3v) is 4.28. The van der Waals surface area contributed by atoms with Crippen molar-refractivity contribution in [3.05, 3.63) is 78.0 Å². The fourth-order valence-electron chi connectivity index (χ4n) is 2.82. The van der Waals surface area contributed by atoms with E-state index < -0.39 is 18.6 Å². The van der Waals surface area contributed by atoms with Crippen LogP contribution < -0.4 is 5.32 Å². The van der Waals surface area contributed by atoms with Crippen molar-refractivity contribution < 1.29 is 14.7 Å². The Morgan fingerprint density at radius 3 is 2.56 bits per heavy atom. The molecule has 0 fully saturated rings. The van der Waals surface area contributed by atoms with Gasteiger partial charge in [-0.2, -0.15) is 0 Å². The van der Waals surface area contributed by atoms with Crippen LogP contribution in [0.5, 0.6) is 0 Å². The Labute approximate surface area is 157 Å². The molecule has 0 spiro atoms. The van der Waals surface area contributed by atoms with Crippen LogP contribution in [0, 0.1) is 0 Å². The number of aliphatic hydroxyl groups is 1. The summed E-state index contributed by atoms with van der Waals surface area (Å²) in [4.78, 5) is 30.8. The van der Waals surface area contributed by atoms with Crippen LogP contribution in [0.2, 0.25) is 0 Å². The van der Waals surface area contributed by atoms with Crippen molar-refractivity contribution in [2.75, 3.05) is 13.7 Å². The first-order valence-electron chi connectivity index (χ1n) is 8.64. The van der Waals surface area contributed by atoms with E-state index in [2.05, 4.69) is 10.3 Å². The van der Waals surface area contributed by atoms with Crippen LogP contribution in [0.3, 0.4) is 0 Å². The number of aliphatic hydroxyl groups excluding tert-OH is 1. The predicted molar refractivity (Wildman–Crippen MR) is 103 cm³/mol. The van der Waals surface area contributed by atoms with Gasteiger partial charge in [-0.1, -0.05) is 48.5 Å². The summed E-state index contributed by atoms with van der Waals surface area (Å²) in [6.07, 6.45) is 1.46. The molecule has 0 aliphatic rings. The first kappa shape index (κ1) is 18.5. The Bertz CT molecular complexity index is 944. The lowest BCUT2D eigenvalue weighted by Gasteiger charge is -2.23. The number of carbonyl (C=O) groups is 2. The monoisotopic (exact) mass is 363 g/mol. The number of rotatable bonds is 6. The molecule has 1 unspecified atom stereocenters. The van der Waals surface area contributed by atoms with Crippen molar-refractivity contribution in [2.24, 2.45) is 0 Å². The van der Waals surface area contributed by atoms with Crippen molar-refractivity contribution in [3.63, 3.8) is 0 Å². The molecule has 2 N–H and O–H groups in total. The van der Waals surface area contributed by atoms with Crippen LogP contribution in [0.25, 0.3) is 10.9 Å². The molecule has 6 nitrogen and oxygen atoms in total. The number of benzene rings is 2. The SMILES string of the molecule is CN(Cc1ccccc1)C(=O)C(CO)NC(=O)c1cnc2ccccc2c1. The number of carbonyl (C=O) groups excluding carboxylic acids is 2. The Morgan fingerprint density at radius 1 is 1.11 bits per heavy atom. The number of hydrogen-bond acceptors (Lipinski definition) is 4. The molecule has 2 aromatic carbocycles. The number of nitrogens with zero attached hydrogens (tertiary/aromatic N) is 2. The van der Waals surface area contributed by atoms with Gasteiger partial charge in [0.25, 0.3) is 5.91 Å². The molecule has 0 aliphatic carbocycles. The van der Waals surface area contributed by atoms with Gasteiger partial charge >= 0.3 is 0 Å². The zero-order valence-corrected chi connectivity index (χ0v) is 15.0. The molecule has 0 saturated heterocycles. The molecule has 1 heterocycles. The molecule has 0 saturated carbocycles. The largest absolute Gasteiger partial charge is 0.394 e. The second-order valence-electron chi connectivity index (χ2n) is 6.31. The van der Waals surface area contributed by atoms with E-state index in [-0.39, 0.29) is 5.91 Å². The number of para-hydroxylation sites is 1. The van der Waals surface area contributed by atoms with Crippen LogP contribution in [-0.4, -0.2) is 46.5 Å². The topological polar surface area (TPSA) is 82.5 Å². The molecule has 3 rings (SSSR count). The van der Waals surface area contributed by atoms with Gasteiger partial charge in [0, 0.05) is 25.2 Å². The van der Waals surface area contributed by atoms with Gasteiger partial charge in [-0.3, -0.25) is 14.6 Å². The minimum Gasteiger partial charge on any atom is -0.394 e. The Morgan fingerprint density at radius 2 is 1.81 bits per heavy atom. The highest BCUT2D eigenvalue weighted by atomic mass is 16.3. The van der Waals surface area contributed by atoms with E-state index in [0.29, 0.717) is 12.1 Å². The van der Waals surface area contributed by atoms with Crippen molar-refractivity contribution >= 4 is 22.7 Å². The maximum absolute atomic E-state index is 12.6. The number of likely N-dealkylation sites (N-methyl/N-ethyl adjacent to an activating group) is 1. The molecule has 6 heteroatoms. The van der Waals surface area contributed by atoms with Gasteiger partial charge in [0.05, 0.1) is 17.7 Å². The van der Waals surface area contributed by atoms with E-state index in [9.17, 15) is 14.7 Å². The summed E-state index contributed by atoms with van der Waals surface area (Å²) < 4.78 is 0. The summed E-state index contributed by atoms with van der Waals surface area (Å²) in [5.74, 6) is -0.808. The minimum atomic E-state index is -1.02. The predicted octanol–water partition coefficient (Wildman–Crippen LogP) is 1.98. The summed E-state index contributed by atoms with van der Waals surface area (Å²) in [7, 11) is 1.64. The molecule has 2 amide bonds. The number of aromatic nitrogens is 1. The van der Waals surface area contributed by atoms with Gasteiger partial charge in [-0.05, 0) is 17.7 Å². The zero-order chi connectivity index (χ0) is 19.2. The number of amides is 2. The second kappa shape index (κ2) is 8.42. The van der Waals surface area contributed by atoms with Crippen LogP contribution in [0.1, 0.15) is 15.9 Å². The molecule has 0 bridgehead atoms. The number of nitrogens with one attached hydrogen (secondary N) is 1. The average Bonchev–Trinajstić information content (AvgIpc) is 2.71. The highest BCUT2D eigenvalue weighted by Crippen LogP contribution is 2.13. The first-order valence-corrected chi connectivity index (χ1v) is 8.64. The van der Waals surface area contributed by atoms with Gasteiger partial charge in [-0.15, -0.1) is 0 Å². The highest BCUT2D eigenvalue weighted by Gasteiger charge is 2.24. The maximum Gasteiger partial charge on any atom is 0.253 e. The molecular formula is C21H21N3O3. The Hall–Kier alpha value is -3.25. The van der Waals surface area contributed by atoms with E-state index in [1.165, 1.54) is 11.1 Å². The van der Waals surface area contributed by atoms with E-state index in [0.717, 1.165) is 16.5 Å². The molecule has 0 aliphatic heterocycles. The quantitative estimate of drug-likeness (QED) is 0.702. The normalized spacial score (nSPS) is 11.8. The first-order chi connectivity index (χ1) is 13.1. The van der Waals surface area contributed by atoms with E-state index >= 15 is 0 Å². The number of fused-ring (bicyclic) bond motifs is 1. The van der Waals surface area contributed by atoms with Crippen molar-refractivity contribution in [2.45, 2.75) is 12.6 Å². The van der Waals surface area contributed by atoms with Crippen LogP contribution in [-0.2, 0) is 11.3 Å². The lowest BCUT2D eigenvalue weighted by Crippen LogP contribution is -2.49. The lowest BCUT2D eigenvalue weighted by atomic mass is 10.1. The van der Waals surface area contributed by atoms with Crippen LogP contribution >= 0.6 is 0 Å². The van der Waals surface area contributed by atoms with Gasteiger partial charge < -0.3 is 15.3 Å². The van der Waals surface area contributed by atoms with E-state index in [1.54, 1.807) is 13.1 Å². The maximum atomic E-state index is 12.6. The fourth-order valence-corrected chi connectivity index (χ4v) is 2.82. The summed E-state index contributed by atoms with van der Waals surface area (Å²) in [5.41, 5.74) is 2.09. The zero-order valence-electron chi connectivity index (χ0n) is 15.0. The van der Waals surface area contributed by atoms with Gasteiger partial charge in [0.2, 0.25) is 5.91 Å². The minimum absolute atomic E-state index is 0.339. The Balaban J connectivity index is 1.69. The van der Waals surface area contributed by atoms with Gasteiger partial charge in [-0.25, -0.2) is 0 Å². The Kier molecular flexibility index (Phi) is 5.78.